The maximum atomic E-state index is 12.7. The summed E-state index contributed by atoms with van der Waals surface area (Å²) >= 11 is 12.0. The summed E-state index contributed by atoms with van der Waals surface area (Å²) in [5.74, 6) is -0.167. The lowest BCUT2D eigenvalue weighted by atomic mass is 10.3. The molecule has 0 radical (unpaired) electrons. The molecular formula is C19H20Cl2N2O5S. The van der Waals surface area contributed by atoms with Crippen LogP contribution < -0.4 is 10.1 Å². The quantitative estimate of drug-likeness (QED) is 0.716. The Bertz CT molecular complexity index is 977. The summed E-state index contributed by atoms with van der Waals surface area (Å²) in [6.07, 6.45) is -0.857. The fourth-order valence-corrected chi connectivity index (χ4v) is 4.55. The molecule has 0 aromatic heterocycles. The van der Waals surface area contributed by atoms with E-state index in [0.29, 0.717) is 37.0 Å². The van der Waals surface area contributed by atoms with Crippen molar-refractivity contribution in [3.05, 3.63) is 52.5 Å². The second-order valence-electron chi connectivity index (χ2n) is 6.36. The first kappa shape index (κ1) is 21.9. The van der Waals surface area contributed by atoms with Crippen LogP contribution >= 0.6 is 23.2 Å². The SMILES string of the molecule is C[C@H](Oc1ccc(S(=O)(=O)N2CCOCC2)cc1Cl)C(=O)Nc1ccc(Cl)cc1. The first-order chi connectivity index (χ1) is 13.8. The van der Waals surface area contributed by atoms with Crippen LogP contribution in [0.5, 0.6) is 5.75 Å². The van der Waals surface area contributed by atoms with Crippen LogP contribution in [-0.2, 0) is 19.6 Å². The van der Waals surface area contributed by atoms with Crippen LogP contribution in [0.15, 0.2) is 47.4 Å². The monoisotopic (exact) mass is 458 g/mol. The van der Waals surface area contributed by atoms with Gasteiger partial charge in [-0.3, -0.25) is 4.79 Å². The lowest BCUT2D eigenvalue weighted by Gasteiger charge is -2.26. The molecule has 1 heterocycles. The van der Waals surface area contributed by atoms with E-state index in [2.05, 4.69) is 5.32 Å². The molecule has 1 atom stereocenters. The van der Waals surface area contributed by atoms with E-state index >= 15 is 0 Å². The van der Waals surface area contributed by atoms with Crippen LogP contribution in [0.25, 0.3) is 0 Å². The average molecular weight is 459 g/mol. The highest BCUT2D eigenvalue weighted by molar-refractivity contribution is 7.89. The number of morpholine rings is 1. The zero-order chi connectivity index (χ0) is 21.0. The topological polar surface area (TPSA) is 84.9 Å². The molecule has 1 aliphatic heterocycles. The van der Waals surface area contributed by atoms with Crippen molar-refractivity contribution in [3.8, 4) is 5.75 Å². The van der Waals surface area contributed by atoms with Crippen LogP contribution in [0.3, 0.4) is 0 Å². The number of hydrogen-bond acceptors (Lipinski definition) is 5. The van der Waals surface area contributed by atoms with Crippen molar-refractivity contribution in [1.29, 1.82) is 0 Å². The second kappa shape index (κ2) is 9.32. The molecule has 0 saturated carbocycles. The summed E-state index contributed by atoms with van der Waals surface area (Å²) in [5, 5.41) is 3.37. The molecule has 0 spiro atoms. The molecule has 0 unspecified atom stereocenters. The molecule has 1 fully saturated rings. The number of amides is 1. The summed E-state index contributed by atoms with van der Waals surface area (Å²) in [5.41, 5.74) is 0.577. The molecule has 1 saturated heterocycles. The molecular weight excluding hydrogens is 439 g/mol. The molecule has 1 amide bonds. The van der Waals surface area contributed by atoms with Crippen molar-refractivity contribution in [2.75, 3.05) is 31.6 Å². The smallest absolute Gasteiger partial charge is 0.265 e. The van der Waals surface area contributed by atoms with Gasteiger partial charge in [-0.15, -0.1) is 0 Å². The van der Waals surface area contributed by atoms with Crippen LogP contribution in [0.2, 0.25) is 10.0 Å². The summed E-state index contributed by atoms with van der Waals surface area (Å²) in [6, 6.07) is 10.8. The van der Waals surface area contributed by atoms with E-state index in [1.807, 2.05) is 0 Å². The van der Waals surface area contributed by atoms with Gasteiger partial charge in [0.05, 0.1) is 23.1 Å². The largest absolute Gasteiger partial charge is 0.479 e. The fourth-order valence-electron chi connectivity index (χ4n) is 2.69. The Hall–Kier alpha value is -1.84. The van der Waals surface area contributed by atoms with E-state index in [-0.39, 0.29) is 21.6 Å². The average Bonchev–Trinajstić information content (AvgIpc) is 2.71. The molecule has 2 aromatic carbocycles. The minimum atomic E-state index is -3.67. The number of carbonyl (C=O) groups is 1. The van der Waals surface area contributed by atoms with Crippen LogP contribution in [0.1, 0.15) is 6.92 Å². The number of sulfonamides is 1. The number of hydrogen-bond donors (Lipinski definition) is 1. The lowest BCUT2D eigenvalue weighted by molar-refractivity contribution is -0.122. The highest BCUT2D eigenvalue weighted by atomic mass is 35.5. The highest BCUT2D eigenvalue weighted by Crippen LogP contribution is 2.30. The third-order valence-corrected chi connectivity index (χ3v) is 6.74. The van der Waals surface area contributed by atoms with Crippen LogP contribution in [0, 0.1) is 0 Å². The Morgan fingerprint density at radius 1 is 1.14 bits per heavy atom. The van der Waals surface area contributed by atoms with Crippen molar-refractivity contribution in [1.82, 2.24) is 4.31 Å². The predicted molar refractivity (Wildman–Crippen MR) is 111 cm³/mol. The van der Waals surface area contributed by atoms with E-state index in [1.54, 1.807) is 31.2 Å². The molecule has 156 valence electrons. The zero-order valence-corrected chi connectivity index (χ0v) is 17.9. The van der Waals surface area contributed by atoms with E-state index < -0.39 is 16.1 Å². The number of carbonyl (C=O) groups excluding carboxylic acids is 1. The maximum absolute atomic E-state index is 12.7. The number of rotatable bonds is 6. The van der Waals surface area contributed by atoms with Gasteiger partial charge in [0.15, 0.2) is 6.10 Å². The van der Waals surface area contributed by atoms with Crippen molar-refractivity contribution in [3.63, 3.8) is 0 Å². The van der Waals surface area contributed by atoms with E-state index in [9.17, 15) is 13.2 Å². The predicted octanol–water partition coefficient (Wildman–Crippen LogP) is 3.42. The number of nitrogens with one attached hydrogen (secondary N) is 1. The Morgan fingerprint density at radius 3 is 2.41 bits per heavy atom. The van der Waals surface area contributed by atoms with Gasteiger partial charge >= 0.3 is 0 Å². The Labute approximate surface area is 179 Å². The van der Waals surface area contributed by atoms with Crippen molar-refractivity contribution in [2.24, 2.45) is 0 Å². The van der Waals surface area contributed by atoms with Gasteiger partial charge in [-0.25, -0.2) is 8.42 Å². The van der Waals surface area contributed by atoms with Gasteiger partial charge in [0.25, 0.3) is 5.91 Å². The number of ether oxygens (including phenoxy) is 2. The third-order valence-electron chi connectivity index (χ3n) is 4.30. The van der Waals surface area contributed by atoms with E-state index in [4.69, 9.17) is 32.7 Å². The molecule has 10 heteroatoms. The molecule has 1 aliphatic rings. The molecule has 1 N–H and O–H groups in total. The molecule has 3 rings (SSSR count). The number of benzene rings is 2. The van der Waals surface area contributed by atoms with Crippen molar-refractivity contribution < 1.29 is 22.7 Å². The summed E-state index contributed by atoms with van der Waals surface area (Å²) in [6.45, 7) is 2.86. The molecule has 0 aliphatic carbocycles. The van der Waals surface area contributed by atoms with Gasteiger partial charge in [-0.2, -0.15) is 4.31 Å². The maximum Gasteiger partial charge on any atom is 0.265 e. The van der Waals surface area contributed by atoms with Crippen molar-refractivity contribution >= 4 is 44.8 Å². The molecule has 7 nitrogen and oxygen atoms in total. The number of halogens is 2. The minimum absolute atomic E-state index is 0.0648. The minimum Gasteiger partial charge on any atom is -0.479 e. The van der Waals surface area contributed by atoms with Gasteiger partial charge in [0.1, 0.15) is 5.75 Å². The van der Waals surface area contributed by atoms with Gasteiger partial charge in [-0.1, -0.05) is 23.2 Å². The first-order valence-corrected chi connectivity index (χ1v) is 11.1. The summed E-state index contributed by atoms with van der Waals surface area (Å²) in [4.78, 5) is 12.4. The number of nitrogens with zero attached hydrogens (tertiary/aromatic N) is 1. The first-order valence-electron chi connectivity index (χ1n) is 8.88. The lowest BCUT2D eigenvalue weighted by Crippen LogP contribution is -2.40. The van der Waals surface area contributed by atoms with Gasteiger partial charge < -0.3 is 14.8 Å². The summed E-state index contributed by atoms with van der Waals surface area (Å²) in [7, 11) is -3.67. The zero-order valence-electron chi connectivity index (χ0n) is 15.6. The highest BCUT2D eigenvalue weighted by Gasteiger charge is 2.27. The number of anilines is 1. The Morgan fingerprint density at radius 2 is 1.79 bits per heavy atom. The third kappa shape index (κ3) is 5.40. The Balaban J connectivity index is 1.68. The van der Waals surface area contributed by atoms with Crippen LogP contribution in [-0.4, -0.2) is 51.0 Å². The van der Waals surface area contributed by atoms with Crippen LogP contribution in [0.4, 0.5) is 5.69 Å². The normalized spacial score (nSPS) is 16.2. The summed E-state index contributed by atoms with van der Waals surface area (Å²) < 4.78 is 37.6. The molecule has 29 heavy (non-hydrogen) atoms. The molecule has 2 aromatic rings. The Kier molecular flexibility index (Phi) is 7.02. The van der Waals surface area contributed by atoms with Gasteiger partial charge in [0.2, 0.25) is 10.0 Å². The standard InChI is InChI=1S/C19H20Cl2N2O5S/c1-13(19(24)22-15-4-2-14(20)3-5-15)28-18-7-6-16(12-17(18)21)29(25,26)23-8-10-27-11-9-23/h2-7,12-13H,8-11H2,1H3,(H,22,24)/t13-/m0/s1. The molecule has 0 bridgehead atoms. The van der Waals surface area contributed by atoms with Gasteiger partial charge in [0, 0.05) is 23.8 Å². The fraction of sp³-hybridized carbons (Fsp3) is 0.316. The van der Waals surface area contributed by atoms with E-state index in [0.717, 1.165) is 0 Å². The second-order valence-corrected chi connectivity index (χ2v) is 9.15. The van der Waals surface area contributed by atoms with Crippen molar-refractivity contribution in [2.45, 2.75) is 17.9 Å². The van der Waals surface area contributed by atoms with Gasteiger partial charge in [-0.05, 0) is 49.4 Å². The van der Waals surface area contributed by atoms with E-state index in [1.165, 1.54) is 22.5 Å².